The fourth-order valence-corrected chi connectivity index (χ4v) is 2.74. The minimum absolute atomic E-state index is 0.105. The normalized spacial score (nSPS) is 16.3. The zero-order valence-corrected chi connectivity index (χ0v) is 11.6. The predicted octanol–water partition coefficient (Wildman–Crippen LogP) is 3.30. The van der Waals surface area contributed by atoms with Crippen LogP contribution < -0.4 is 0 Å². The van der Waals surface area contributed by atoms with Gasteiger partial charge in [0.25, 0.3) is 6.43 Å². The van der Waals surface area contributed by atoms with E-state index < -0.39 is 22.7 Å². The molecule has 0 saturated heterocycles. The molecule has 1 aliphatic carbocycles. The maximum Gasteiger partial charge on any atom is 0.316 e. The van der Waals surface area contributed by atoms with Crippen LogP contribution in [0.4, 0.5) is 14.5 Å². The third-order valence-electron chi connectivity index (χ3n) is 3.79. The van der Waals surface area contributed by atoms with Crippen molar-refractivity contribution in [3.8, 4) is 5.69 Å². The molecular formula is C13H14F2N5O2. The average Bonchev–Trinajstić information content (AvgIpc) is 3.14. The summed E-state index contributed by atoms with van der Waals surface area (Å²) in [5, 5.41) is 21.4. The second kappa shape index (κ2) is 5.82. The van der Waals surface area contributed by atoms with Crippen LogP contribution in [0.2, 0.25) is 0 Å². The van der Waals surface area contributed by atoms with E-state index in [1.54, 1.807) is 0 Å². The zero-order chi connectivity index (χ0) is 15.7. The molecule has 1 fully saturated rings. The van der Waals surface area contributed by atoms with E-state index in [0.717, 1.165) is 36.6 Å². The van der Waals surface area contributed by atoms with E-state index in [4.69, 9.17) is 0 Å². The van der Waals surface area contributed by atoms with Crippen molar-refractivity contribution in [2.24, 2.45) is 0 Å². The first-order valence-electron chi connectivity index (χ1n) is 6.97. The Bertz CT molecular complexity index is 676. The Morgan fingerprint density at radius 1 is 1.45 bits per heavy atom. The zero-order valence-electron chi connectivity index (χ0n) is 11.6. The van der Waals surface area contributed by atoms with Crippen LogP contribution in [0.3, 0.4) is 0 Å². The molecule has 0 aromatic carbocycles. The lowest BCUT2D eigenvalue weighted by atomic mass is 9.86. The topological polar surface area (TPSA) is 89.6 Å². The number of hydrogen-bond donors (Lipinski definition) is 1. The smallest absolute Gasteiger partial charge is 0.283 e. The van der Waals surface area contributed by atoms with Gasteiger partial charge in [-0.25, -0.2) is 13.5 Å². The van der Waals surface area contributed by atoms with Crippen LogP contribution in [0.1, 0.15) is 49.4 Å². The summed E-state index contributed by atoms with van der Waals surface area (Å²) in [6.45, 7) is 0. The number of aromatic amines is 1. The monoisotopic (exact) mass is 310 g/mol. The predicted molar refractivity (Wildman–Crippen MR) is 72.8 cm³/mol. The number of halogens is 2. The summed E-state index contributed by atoms with van der Waals surface area (Å²) in [6, 6.07) is 0. The molecule has 9 heteroatoms. The minimum Gasteiger partial charge on any atom is -0.283 e. The standard InChI is InChI=1S/C13H14F2N5O2/c14-13(15)12-10(20(21)22)7-19(18-12)9-6-16-17-11(9)8-4-2-1-3-5-8/h4,6-8,13H,1-3,5H2,(H,16,17). The first-order valence-corrected chi connectivity index (χ1v) is 6.97. The maximum atomic E-state index is 12.9. The van der Waals surface area contributed by atoms with E-state index in [0.29, 0.717) is 11.4 Å². The number of rotatable bonds is 4. The fourth-order valence-electron chi connectivity index (χ4n) is 2.74. The molecule has 1 radical (unpaired) electrons. The molecule has 2 aromatic rings. The Balaban J connectivity index is 2.00. The summed E-state index contributed by atoms with van der Waals surface area (Å²) in [6.07, 6.45) is 5.74. The van der Waals surface area contributed by atoms with Gasteiger partial charge in [-0.3, -0.25) is 15.2 Å². The number of aromatic nitrogens is 4. The SMILES string of the molecule is O=[N+]([O-])c1cn(-c2c[nH]nc2C2[CH]CCCC2)nc1C(F)F. The number of alkyl halides is 2. The lowest BCUT2D eigenvalue weighted by Crippen LogP contribution is -2.09. The van der Waals surface area contributed by atoms with Gasteiger partial charge in [-0.2, -0.15) is 10.2 Å². The highest BCUT2D eigenvalue weighted by atomic mass is 19.3. The molecule has 2 heterocycles. The molecule has 1 saturated carbocycles. The van der Waals surface area contributed by atoms with Gasteiger partial charge in [0.2, 0.25) is 5.69 Å². The molecule has 1 N–H and O–H groups in total. The van der Waals surface area contributed by atoms with Gasteiger partial charge < -0.3 is 0 Å². The van der Waals surface area contributed by atoms with Gasteiger partial charge in [-0.15, -0.1) is 0 Å². The molecule has 2 aromatic heterocycles. The Kier molecular flexibility index (Phi) is 3.86. The summed E-state index contributed by atoms with van der Waals surface area (Å²) < 4.78 is 26.9. The first kappa shape index (κ1) is 14.6. The van der Waals surface area contributed by atoms with Crippen molar-refractivity contribution in [2.75, 3.05) is 0 Å². The van der Waals surface area contributed by atoms with Gasteiger partial charge in [0.1, 0.15) is 11.9 Å². The Morgan fingerprint density at radius 2 is 2.27 bits per heavy atom. The molecule has 0 aliphatic heterocycles. The van der Waals surface area contributed by atoms with Crippen molar-refractivity contribution in [1.82, 2.24) is 20.0 Å². The first-order chi connectivity index (χ1) is 10.6. The summed E-state index contributed by atoms with van der Waals surface area (Å²) in [5.41, 5.74) is -0.365. The van der Waals surface area contributed by atoms with Crippen molar-refractivity contribution >= 4 is 5.69 Å². The highest BCUT2D eigenvalue weighted by Crippen LogP contribution is 2.35. The van der Waals surface area contributed by atoms with Gasteiger partial charge in [-0.05, 0) is 19.3 Å². The summed E-state index contributed by atoms with van der Waals surface area (Å²) >= 11 is 0. The van der Waals surface area contributed by atoms with Crippen LogP contribution in [0, 0.1) is 16.5 Å². The number of nitrogens with zero attached hydrogens (tertiary/aromatic N) is 4. The van der Waals surface area contributed by atoms with Gasteiger partial charge in [0.15, 0.2) is 0 Å². The molecule has 7 nitrogen and oxygen atoms in total. The molecule has 1 atom stereocenters. The molecule has 22 heavy (non-hydrogen) atoms. The Morgan fingerprint density at radius 3 is 2.86 bits per heavy atom. The van der Waals surface area contributed by atoms with E-state index >= 15 is 0 Å². The molecule has 0 spiro atoms. The number of H-pyrrole nitrogens is 1. The second-order valence-corrected chi connectivity index (χ2v) is 5.18. The van der Waals surface area contributed by atoms with Crippen LogP contribution in [-0.4, -0.2) is 24.9 Å². The third kappa shape index (κ3) is 2.58. The molecule has 0 bridgehead atoms. The summed E-state index contributed by atoms with van der Waals surface area (Å²) in [5.74, 6) is 0.105. The summed E-state index contributed by atoms with van der Waals surface area (Å²) in [7, 11) is 0. The van der Waals surface area contributed by atoms with Crippen molar-refractivity contribution in [3.05, 3.63) is 40.3 Å². The Labute approximate surface area is 124 Å². The molecular weight excluding hydrogens is 296 g/mol. The largest absolute Gasteiger partial charge is 0.316 e. The van der Waals surface area contributed by atoms with Gasteiger partial charge in [0.05, 0.1) is 10.6 Å². The van der Waals surface area contributed by atoms with Gasteiger partial charge >= 0.3 is 5.69 Å². The number of nitrogens with one attached hydrogen (secondary N) is 1. The molecule has 0 amide bonds. The van der Waals surface area contributed by atoms with Crippen molar-refractivity contribution in [1.29, 1.82) is 0 Å². The van der Waals surface area contributed by atoms with E-state index in [9.17, 15) is 18.9 Å². The lowest BCUT2D eigenvalue weighted by Gasteiger charge is -2.20. The number of nitro groups is 1. The van der Waals surface area contributed by atoms with Crippen LogP contribution in [0.15, 0.2) is 12.4 Å². The molecule has 3 rings (SSSR count). The lowest BCUT2D eigenvalue weighted by molar-refractivity contribution is -0.386. The maximum absolute atomic E-state index is 12.9. The van der Waals surface area contributed by atoms with Crippen molar-refractivity contribution in [2.45, 2.75) is 38.0 Å². The van der Waals surface area contributed by atoms with E-state index in [-0.39, 0.29) is 5.92 Å². The second-order valence-electron chi connectivity index (χ2n) is 5.18. The minimum atomic E-state index is -3.00. The molecule has 117 valence electrons. The van der Waals surface area contributed by atoms with Crippen LogP contribution in [0.25, 0.3) is 5.69 Å². The highest BCUT2D eigenvalue weighted by Gasteiger charge is 2.29. The van der Waals surface area contributed by atoms with Crippen LogP contribution in [-0.2, 0) is 0 Å². The number of hydrogen-bond acceptors (Lipinski definition) is 4. The average molecular weight is 310 g/mol. The van der Waals surface area contributed by atoms with Gasteiger partial charge in [-0.1, -0.05) is 12.8 Å². The third-order valence-corrected chi connectivity index (χ3v) is 3.79. The van der Waals surface area contributed by atoms with E-state index in [2.05, 4.69) is 21.7 Å². The van der Waals surface area contributed by atoms with Crippen LogP contribution in [0.5, 0.6) is 0 Å². The molecule has 1 aliphatic rings. The van der Waals surface area contributed by atoms with Gasteiger partial charge in [0, 0.05) is 12.1 Å². The Hall–Kier alpha value is -2.32. The van der Waals surface area contributed by atoms with E-state index in [1.165, 1.54) is 6.20 Å². The highest BCUT2D eigenvalue weighted by molar-refractivity contribution is 5.42. The van der Waals surface area contributed by atoms with E-state index in [1.807, 2.05) is 0 Å². The van der Waals surface area contributed by atoms with Crippen molar-refractivity contribution in [3.63, 3.8) is 0 Å². The fraction of sp³-hybridized carbons (Fsp3) is 0.462. The van der Waals surface area contributed by atoms with Crippen molar-refractivity contribution < 1.29 is 13.7 Å². The quantitative estimate of drug-likeness (QED) is 0.693. The van der Waals surface area contributed by atoms with Crippen LogP contribution >= 0.6 is 0 Å². The summed E-state index contributed by atoms with van der Waals surface area (Å²) in [4.78, 5) is 10.0. The molecule has 1 unspecified atom stereocenters.